The van der Waals surface area contributed by atoms with Gasteiger partial charge in [0.05, 0.1) is 31.7 Å². The molecule has 2 aromatic heterocycles. The summed E-state index contributed by atoms with van der Waals surface area (Å²) in [4.78, 5) is 9.04. The van der Waals surface area contributed by atoms with Gasteiger partial charge in [-0.3, -0.25) is 3.97 Å². The van der Waals surface area contributed by atoms with Crippen LogP contribution in [0.15, 0.2) is 30.6 Å². The molecule has 23 heavy (non-hydrogen) atoms. The van der Waals surface area contributed by atoms with Crippen LogP contribution in [-0.2, 0) is 0 Å². The van der Waals surface area contributed by atoms with E-state index in [0.29, 0.717) is 33.9 Å². The van der Waals surface area contributed by atoms with Gasteiger partial charge in [-0.1, -0.05) is 0 Å². The van der Waals surface area contributed by atoms with Gasteiger partial charge in [0.15, 0.2) is 17.1 Å². The molecule has 0 saturated carbocycles. The van der Waals surface area contributed by atoms with Crippen LogP contribution in [0.5, 0.6) is 11.5 Å². The summed E-state index contributed by atoms with van der Waals surface area (Å²) in [7, 11) is 4.62. The molecule has 6 nitrogen and oxygen atoms in total. The van der Waals surface area contributed by atoms with Crippen LogP contribution in [-0.4, -0.2) is 28.2 Å². The van der Waals surface area contributed by atoms with E-state index in [9.17, 15) is 5.26 Å². The summed E-state index contributed by atoms with van der Waals surface area (Å²) in [6.07, 6.45) is 3.42. The fourth-order valence-corrected chi connectivity index (χ4v) is 3.48. The molecule has 3 aromatic rings. The first-order chi connectivity index (χ1) is 11.2. The van der Waals surface area contributed by atoms with Crippen LogP contribution in [0.2, 0.25) is 0 Å². The maximum atomic E-state index is 9.28. The number of hydrogen-bond acceptors (Lipinski definition) is 6. The van der Waals surface area contributed by atoms with Crippen LogP contribution in [0.1, 0.15) is 5.56 Å². The Hall–Kier alpha value is -1.99. The molecular formula is C15H11IN4O2S. The minimum absolute atomic E-state index is 0.499. The van der Waals surface area contributed by atoms with Gasteiger partial charge in [0.2, 0.25) is 0 Å². The number of methoxy groups -OCH3 is 2. The minimum atomic E-state index is 0.499. The van der Waals surface area contributed by atoms with Gasteiger partial charge in [-0.2, -0.15) is 5.26 Å². The average Bonchev–Trinajstić information content (AvgIpc) is 2.98. The lowest BCUT2D eigenvalue weighted by molar-refractivity contribution is 0.355. The van der Waals surface area contributed by atoms with Gasteiger partial charge in [-0.05, 0) is 18.2 Å². The van der Waals surface area contributed by atoms with E-state index in [2.05, 4.69) is 37.2 Å². The van der Waals surface area contributed by atoms with Crippen LogP contribution < -0.4 is 9.47 Å². The van der Waals surface area contributed by atoms with Crippen molar-refractivity contribution in [1.29, 1.82) is 5.26 Å². The van der Waals surface area contributed by atoms with E-state index >= 15 is 0 Å². The quantitative estimate of drug-likeness (QED) is 0.577. The number of nitrogens with zero attached hydrogens (tertiary/aromatic N) is 4. The molecule has 0 atom stereocenters. The lowest BCUT2D eigenvalue weighted by Crippen LogP contribution is -1.93. The van der Waals surface area contributed by atoms with E-state index in [1.807, 2.05) is 22.2 Å². The SMILES string of the molecule is COc1ccc(-c2cnc3c(n2)c(C#N)cn3SI)cc1OC. The molecule has 0 aliphatic carbocycles. The van der Waals surface area contributed by atoms with E-state index in [0.717, 1.165) is 5.56 Å². The number of rotatable bonds is 4. The first-order valence-corrected chi connectivity index (χ1v) is 9.83. The molecule has 0 radical (unpaired) electrons. The van der Waals surface area contributed by atoms with Crippen LogP contribution in [0.4, 0.5) is 0 Å². The Labute approximate surface area is 149 Å². The predicted molar refractivity (Wildman–Crippen MR) is 97.8 cm³/mol. The number of nitriles is 1. The third-order valence-electron chi connectivity index (χ3n) is 3.34. The second-order valence-electron chi connectivity index (χ2n) is 4.55. The van der Waals surface area contributed by atoms with Gasteiger partial charge >= 0.3 is 0 Å². The highest BCUT2D eigenvalue weighted by molar-refractivity contribution is 14.2. The van der Waals surface area contributed by atoms with Crippen molar-refractivity contribution in [3.05, 3.63) is 36.2 Å². The van der Waals surface area contributed by atoms with Crippen molar-refractivity contribution in [2.45, 2.75) is 0 Å². The maximum Gasteiger partial charge on any atom is 0.170 e. The summed E-state index contributed by atoms with van der Waals surface area (Å²) in [5.41, 5.74) is 3.27. The van der Waals surface area contributed by atoms with E-state index in [1.54, 1.807) is 26.6 Å². The molecule has 0 aliphatic rings. The lowest BCUT2D eigenvalue weighted by Gasteiger charge is -2.09. The van der Waals surface area contributed by atoms with Crippen LogP contribution in [0.25, 0.3) is 22.4 Å². The molecule has 8 heteroatoms. The predicted octanol–water partition coefficient (Wildman–Crippen LogP) is 3.83. The van der Waals surface area contributed by atoms with E-state index < -0.39 is 0 Å². The Bertz CT molecular complexity index is 920. The average molecular weight is 438 g/mol. The van der Waals surface area contributed by atoms with Gasteiger partial charge in [0.25, 0.3) is 0 Å². The molecule has 0 aliphatic heterocycles. The number of benzene rings is 1. The van der Waals surface area contributed by atoms with E-state index in [-0.39, 0.29) is 0 Å². The fraction of sp³-hybridized carbons (Fsp3) is 0.133. The summed E-state index contributed by atoms with van der Waals surface area (Å²) in [5.74, 6) is 1.27. The number of ether oxygens (including phenoxy) is 2. The zero-order chi connectivity index (χ0) is 16.4. The maximum absolute atomic E-state index is 9.28. The van der Waals surface area contributed by atoms with Crippen molar-refractivity contribution in [2.75, 3.05) is 14.2 Å². The first-order valence-electron chi connectivity index (χ1n) is 6.51. The van der Waals surface area contributed by atoms with Crippen molar-refractivity contribution in [2.24, 2.45) is 0 Å². The zero-order valence-corrected chi connectivity index (χ0v) is 15.3. The first kappa shape index (κ1) is 15.9. The third-order valence-corrected chi connectivity index (χ3v) is 5.04. The van der Waals surface area contributed by atoms with Crippen molar-refractivity contribution < 1.29 is 9.47 Å². The van der Waals surface area contributed by atoms with Crippen LogP contribution >= 0.6 is 30.3 Å². The molecule has 3 rings (SSSR count). The molecule has 0 unspecified atom stereocenters. The Morgan fingerprint density at radius 3 is 2.70 bits per heavy atom. The van der Waals surface area contributed by atoms with E-state index in [4.69, 9.17) is 9.47 Å². The summed E-state index contributed by atoms with van der Waals surface area (Å²) < 4.78 is 12.4. The van der Waals surface area contributed by atoms with E-state index in [1.165, 1.54) is 9.12 Å². The molecule has 1 aromatic carbocycles. The smallest absolute Gasteiger partial charge is 0.170 e. The molecule has 0 bridgehead atoms. The summed E-state index contributed by atoms with van der Waals surface area (Å²) >= 11 is 2.14. The minimum Gasteiger partial charge on any atom is -0.493 e. The number of aromatic nitrogens is 3. The zero-order valence-electron chi connectivity index (χ0n) is 12.3. The van der Waals surface area contributed by atoms with Crippen molar-refractivity contribution in [3.8, 4) is 28.8 Å². The summed E-state index contributed by atoms with van der Waals surface area (Å²) in [6.45, 7) is 0. The molecule has 0 N–H and O–H groups in total. The van der Waals surface area contributed by atoms with Gasteiger partial charge in [0, 0.05) is 42.1 Å². The largest absolute Gasteiger partial charge is 0.493 e. The molecule has 0 amide bonds. The van der Waals surface area contributed by atoms with Crippen LogP contribution in [0.3, 0.4) is 0 Å². The highest BCUT2D eigenvalue weighted by atomic mass is 127. The molecule has 116 valence electrons. The van der Waals surface area contributed by atoms with Crippen LogP contribution in [0, 0.1) is 11.3 Å². The third kappa shape index (κ3) is 2.82. The molecular weight excluding hydrogens is 427 g/mol. The second kappa shape index (κ2) is 6.64. The summed E-state index contributed by atoms with van der Waals surface area (Å²) in [6, 6.07) is 7.70. The number of fused-ring (bicyclic) bond motifs is 1. The monoisotopic (exact) mass is 438 g/mol. The normalized spacial score (nSPS) is 10.5. The van der Waals surface area contributed by atoms with Crippen molar-refractivity contribution >= 4 is 41.5 Å². The highest BCUT2D eigenvalue weighted by Crippen LogP contribution is 2.33. The molecule has 0 saturated heterocycles. The van der Waals surface area contributed by atoms with Gasteiger partial charge in [0.1, 0.15) is 11.6 Å². The Balaban J connectivity index is 2.16. The standard InChI is InChI=1S/C15H11IN4O2S/c1-21-12-4-3-9(5-13(12)22-2)11-7-18-15-14(19-11)10(6-17)8-20(15)23-16/h3-5,7-8H,1-2H3. The van der Waals surface area contributed by atoms with Crippen molar-refractivity contribution in [1.82, 2.24) is 13.9 Å². The van der Waals surface area contributed by atoms with Gasteiger partial charge in [-0.25, -0.2) is 9.97 Å². The molecule has 0 fully saturated rings. The molecule has 2 heterocycles. The topological polar surface area (TPSA) is 73.0 Å². The number of hydrogen-bond donors (Lipinski definition) is 0. The van der Waals surface area contributed by atoms with Gasteiger partial charge < -0.3 is 9.47 Å². The fourth-order valence-electron chi connectivity index (χ4n) is 2.23. The highest BCUT2D eigenvalue weighted by Gasteiger charge is 2.14. The Morgan fingerprint density at radius 2 is 2.04 bits per heavy atom. The lowest BCUT2D eigenvalue weighted by atomic mass is 10.1. The van der Waals surface area contributed by atoms with Crippen molar-refractivity contribution in [3.63, 3.8) is 0 Å². The Kier molecular flexibility index (Phi) is 4.58. The molecule has 0 spiro atoms. The van der Waals surface area contributed by atoms with Gasteiger partial charge in [-0.15, -0.1) is 0 Å². The number of halogens is 1. The Morgan fingerprint density at radius 1 is 1.26 bits per heavy atom. The second-order valence-corrected chi connectivity index (χ2v) is 6.26. The summed E-state index contributed by atoms with van der Waals surface area (Å²) in [5, 5.41) is 9.28.